The molecule has 0 saturated carbocycles. The number of nitrogens with one attached hydrogen (secondary N) is 1. The quantitative estimate of drug-likeness (QED) is 0.664. The van der Waals surface area contributed by atoms with Crippen LogP contribution in [0, 0.1) is 6.92 Å². The Morgan fingerprint density at radius 3 is 2.65 bits per heavy atom. The summed E-state index contributed by atoms with van der Waals surface area (Å²) >= 11 is 0. The molecule has 4 heteroatoms. The van der Waals surface area contributed by atoms with E-state index in [1.54, 1.807) is 26.2 Å². The van der Waals surface area contributed by atoms with Crippen molar-refractivity contribution in [2.24, 2.45) is 0 Å². The fourth-order valence-corrected chi connectivity index (χ4v) is 1.83. The van der Waals surface area contributed by atoms with Crippen LogP contribution in [0.15, 0.2) is 52.6 Å². The average Bonchev–Trinajstić information content (AvgIpc) is 2.86. The molecule has 0 saturated heterocycles. The average molecular weight is 271 g/mol. The lowest BCUT2D eigenvalue weighted by Crippen LogP contribution is -2.02. The highest BCUT2D eigenvalue weighted by atomic mass is 16.5. The summed E-state index contributed by atoms with van der Waals surface area (Å²) in [6, 6.07) is 11.0. The van der Waals surface area contributed by atoms with E-state index in [0.717, 1.165) is 17.2 Å². The zero-order chi connectivity index (χ0) is 14.5. The summed E-state index contributed by atoms with van der Waals surface area (Å²) < 4.78 is 10.5. The second-order valence-corrected chi connectivity index (χ2v) is 4.43. The lowest BCUT2D eigenvalue weighted by atomic mass is 10.2. The summed E-state index contributed by atoms with van der Waals surface area (Å²) in [5.74, 6) is 1.61. The Bertz CT molecular complexity index is 641. The van der Waals surface area contributed by atoms with Gasteiger partial charge in [0.05, 0.1) is 12.8 Å². The van der Waals surface area contributed by atoms with E-state index in [2.05, 4.69) is 5.32 Å². The lowest BCUT2D eigenvalue weighted by Gasteiger charge is -2.10. The minimum absolute atomic E-state index is 0.169. The van der Waals surface area contributed by atoms with Crippen LogP contribution in [0.25, 0.3) is 0 Å². The number of carbonyl (C=O) groups is 1. The van der Waals surface area contributed by atoms with Crippen LogP contribution in [0.4, 0.5) is 5.69 Å². The predicted octanol–water partition coefficient (Wildman–Crippen LogP) is 3.80. The third kappa shape index (κ3) is 3.29. The molecule has 1 aromatic carbocycles. The molecule has 0 aliphatic heterocycles. The van der Waals surface area contributed by atoms with Crippen LogP contribution in [0.5, 0.6) is 5.75 Å². The summed E-state index contributed by atoms with van der Waals surface area (Å²) in [4.78, 5) is 12.0. The summed E-state index contributed by atoms with van der Waals surface area (Å²) in [6.07, 6.45) is 1.50. The first-order valence-corrected chi connectivity index (χ1v) is 6.29. The number of anilines is 1. The zero-order valence-corrected chi connectivity index (χ0v) is 11.8. The van der Waals surface area contributed by atoms with Crippen molar-refractivity contribution in [2.45, 2.75) is 13.8 Å². The highest BCUT2D eigenvalue weighted by Crippen LogP contribution is 2.24. The van der Waals surface area contributed by atoms with Crippen molar-refractivity contribution in [1.82, 2.24) is 0 Å². The summed E-state index contributed by atoms with van der Waals surface area (Å²) in [6.45, 7) is 3.63. The van der Waals surface area contributed by atoms with Gasteiger partial charge in [-0.2, -0.15) is 0 Å². The molecular formula is C16H17NO3. The third-order valence-electron chi connectivity index (χ3n) is 2.77. The Morgan fingerprint density at radius 2 is 2.00 bits per heavy atom. The molecule has 0 bridgehead atoms. The van der Waals surface area contributed by atoms with Crippen LogP contribution >= 0.6 is 0 Å². The van der Waals surface area contributed by atoms with E-state index in [-0.39, 0.29) is 5.78 Å². The Balaban J connectivity index is 2.13. The van der Waals surface area contributed by atoms with Gasteiger partial charge in [-0.3, -0.25) is 4.79 Å². The molecule has 104 valence electrons. The van der Waals surface area contributed by atoms with Gasteiger partial charge in [0, 0.05) is 11.8 Å². The molecule has 0 fully saturated rings. The maximum Gasteiger partial charge on any atom is 0.222 e. The maximum atomic E-state index is 12.0. The van der Waals surface area contributed by atoms with E-state index in [9.17, 15) is 4.79 Å². The third-order valence-corrected chi connectivity index (χ3v) is 2.77. The fourth-order valence-electron chi connectivity index (χ4n) is 1.83. The van der Waals surface area contributed by atoms with Gasteiger partial charge in [0.25, 0.3) is 0 Å². The second-order valence-electron chi connectivity index (χ2n) is 4.43. The highest BCUT2D eigenvalue weighted by molar-refractivity contribution is 6.03. The van der Waals surface area contributed by atoms with Crippen molar-refractivity contribution < 1.29 is 13.9 Å². The van der Waals surface area contributed by atoms with E-state index in [1.807, 2.05) is 31.2 Å². The number of rotatable bonds is 5. The molecule has 1 N–H and O–H groups in total. The van der Waals surface area contributed by atoms with E-state index < -0.39 is 0 Å². The van der Waals surface area contributed by atoms with Gasteiger partial charge in [-0.25, -0.2) is 0 Å². The molecule has 2 rings (SSSR count). The zero-order valence-electron chi connectivity index (χ0n) is 11.8. The van der Waals surface area contributed by atoms with Gasteiger partial charge in [0.15, 0.2) is 5.76 Å². The van der Waals surface area contributed by atoms with Crippen LogP contribution in [0.3, 0.4) is 0 Å². The van der Waals surface area contributed by atoms with Gasteiger partial charge in [-0.05, 0) is 38.1 Å². The van der Waals surface area contributed by atoms with Crippen molar-refractivity contribution in [2.75, 3.05) is 12.4 Å². The number of carbonyl (C=O) groups excluding carboxylic acids is 1. The molecule has 0 atom stereocenters. The number of hydrogen-bond donors (Lipinski definition) is 1. The van der Waals surface area contributed by atoms with Crippen LogP contribution < -0.4 is 10.1 Å². The molecular weight excluding hydrogens is 254 g/mol. The molecule has 2 aromatic rings. The number of ketones is 1. The van der Waals surface area contributed by atoms with Gasteiger partial charge < -0.3 is 14.5 Å². The summed E-state index contributed by atoms with van der Waals surface area (Å²) in [5, 5.41) is 3.14. The number of allylic oxidation sites excluding steroid dienone is 2. The Labute approximate surface area is 118 Å². The standard InChI is InChI=1S/C16H17NO3/c1-11(10-14(18)16-9-8-12(2)20-16)17-13-6-4-5-7-15(13)19-3/h4-10,17H,1-3H3/b11-10+. The fraction of sp³-hybridized carbons (Fsp3) is 0.188. The molecule has 0 aliphatic carbocycles. The van der Waals surface area contributed by atoms with Gasteiger partial charge >= 0.3 is 0 Å². The van der Waals surface area contributed by atoms with Crippen molar-refractivity contribution >= 4 is 11.5 Å². The van der Waals surface area contributed by atoms with Gasteiger partial charge in [0.1, 0.15) is 11.5 Å². The molecule has 1 heterocycles. The lowest BCUT2D eigenvalue weighted by molar-refractivity contribution is 0.102. The van der Waals surface area contributed by atoms with E-state index in [4.69, 9.17) is 9.15 Å². The van der Waals surface area contributed by atoms with Crippen LogP contribution in [-0.2, 0) is 0 Å². The van der Waals surface area contributed by atoms with Crippen molar-refractivity contribution in [3.8, 4) is 5.75 Å². The van der Waals surface area contributed by atoms with Crippen molar-refractivity contribution in [3.63, 3.8) is 0 Å². The van der Waals surface area contributed by atoms with Gasteiger partial charge in [-0.15, -0.1) is 0 Å². The van der Waals surface area contributed by atoms with Gasteiger partial charge in [-0.1, -0.05) is 12.1 Å². The molecule has 1 aromatic heterocycles. The van der Waals surface area contributed by atoms with E-state index in [1.165, 1.54) is 6.08 Å². The SMILES string of the molecule is COc1ccccc1N/C(C)=C/C(=O)c1ccc(C)o1. The van der Waals surface area contributed by atoms with E-state index >= 15 is 0 Å². The second kappa shape index (κ2) is 6.10. The maximum absolute atomic E-state index is 12.0. The number of methoxy groups -OCH3 is 1. The van der Waals surface area contributed by atoms with E-state index in [0.29, 0.717) is 11.5 Å². The number of benzene rings is 1. The normalized spacial score (nSPS) is 11.2. The summed E-state index contributed by atoms with van der Waals surface area (Å²) in [5.41, 5.74) is 1.53. The predicted molar refractivity (Wildman–Crippen MR) is 78.1 cm³/mol. The molecule has 0 amide bonds. The summed E-state index contributed by atoms with van der Waals surface area (Å²) in [7, 11) is 1.61. The smallest absolute Gasteiger partial charge is 0.222 e. The van der Waals surface area contributed by atoms with Gasteiger partial charge in [0.2, 0.25) is 5.78 Å². The number of ether oxygens (including phenoxy) is 1. The Kier molecular flexibility index (Phi) is 4.25. The first-order valence-electron chi connectivity index (χ1n) is 6.29. The minimum atomic E-state index is -0.169. The van der Waals surface area contributed by atoms with Crippen LogP contribution in [-0.4, -0.2) is 12.9 Å². The number of para-hydroxylation sites is 2. The van der Waals surface area contributed by atoms with Crippen molar-refractivity contribution in [1.29, 1.82) is 0 Å². The Hall–Kier alpha value is -2.49. The number of furan rings is 1. The first-order chi connectivity index (χ1) is 9.60. The monoisotopic (exact) mass is 271 g/mol. The molecule has 0 radical (unpaired) electrons. The minimum Gasteiger partial charge on any atom is -0.495 e. The molecule has 0 unspecified atom stereocenters. The van der Waals surface area contributed by atoms with Crippen molar-refractivity contribution in [3.05, 3.63) is 59.7 Å². The largest absolute Gasteiger partial charge is 0.495 e. The molecule has 0 aliphatic rings. The molecule has 20 heavy (non-hydrogen) atoms. The molecule has 4 nitrogen and oxygen atoms in total. The van der Waals surface area contributed by atoms with Crippen LogP contribution in [0.2, 0.25) is 0 Å². The Morgan fingerprint density at radius 1 is 1.25 bits per heavy atom. The topological polar surface area (TPSA) is 51.5 Å². The number of hydrogen-bond acceptors (Lipinski definition) is 4. The number of aryl methyl sites for hydroxylation is 1. The van der Waals surface area contributed by atoms with Crippen LogP contribution in [0.1, 0.15) is 23.2 Å². The molecule has 0 spiro atoms. The highest BCUT2D eigenvalue weighted by Gasteiger charge is 2.08. The first kappa shape index (κ1) is 13.9.